The molecule has 0 fully saturated rings. The Labute approximate surface area is 140 Å². The van der Waals surface area contributed by atoms with Crippen molar-refractivity contribution < 1.29 is 24.7 Å². The molecule has 0 aliphatic carbocycles. The second-order valence-corrected chi connectivity index (χ2v) is 4.65. The van der Waals surface area contributed by atoms with Gasteiger partial charge in [-0.3, -0.25) is 35.1 Å². The second kappa shape index (κ2) is 10.6. The van der Waals surface area contributed by atoms with Crippen LogP contribution in [-0.2, 0) is 4.79 Å². The lowest BCUT2D eigenvalue weighted by molar-refractivity contribution is -0.441. The van der Waals surface area contributed by atoms with Crippen LogP contribution in [0, 0.1) is 30.3 Å². The molecule has 0 aliphatic rings. The lowest BCUT2D eigenvalue weighted by Crippen LogP contribution is -2.29. The summed E-state index contributed by atoms with van der Waals surface area (Å²) in [5.41, 5.74) is 7.53. The average Bonchev–Trinajstić information content (AvgIpc) is 2.54. The Bertz CT molecular complexity index is 618. The van der Waals surface area contributed by atoms with Gasteiger partial charge in [0.25, 0.3) is 0 Å². The monoisotopic (exact) mass is 359 g/mol. The van der Waals surface area contributed by atoms with Crippen molar-refractivity contribution in [3.8, 4) is 0 Å². The van der Waals surface area contributed by atoms with E-state index < -0.39 is 43.8 Å². The number of aliphatic carboxylic acids is 1. The van der Waals surface area contributed by atoms with Crippen molar-refractivity contribution in [3.05, 3.63) is 48.5 Å². The molecule has 0 amide bonds. The number of hydrogen-bond donors (Lipinski definition) is 3. The molecule has 5 N–H and O–H groups in total. The number of nitro groups is 3. The van der Waals surface area contributed by atoms with Gasteiger partial charge in [-0.1, -0.05) is 6.42 Å². The summed E-state index contributed by atoms with van der Waals surface area (Å²) in [5, 5.41) is 39.5. The van der Waals surface area contributed by atoms with Crippen LogP contribution in [0.2, 0.25) is 0 Å². The maximum atomic E-state index is 10.4. The number of carbonyl (C=O) groups is 1. The molecule has 1 rings (SSSR count). The molecule has 138 valence electrons. The lowest BCUT2D eigenvalue weighted by atomic mass is 10.1. The largest absolute Gasteiger partial charge is 0.480 e. The topological polar surface area (TPSA) is 219 Å². The van der Waals surface area contributed by atoms with Gasteiger partial charge in [0.2, 0.25) is 0 Å². The first kappa shape index (κ1) is 21.8. The molecule has 13 nitrogen and oxygen atoms in total. The number of unbranched alkanes of at least 4 members (excludes halogenated alkanes) is 1. The Morgan fingerprint density at radius 1 is 1.04 bits per heavy atom. The summed E-state index contributed by atoms with van der Waals surface area (Å²) in [7, 11) is 0. The molecule has 0 saturated heterocycles. The Morgan fingerprint density at radius 3 is 1.84 bits per heavy atom. The van der Waals surface area contributed by atoms with E-state index in [-0.39, 0.29) is 0 Å². The molecule has 1 aromatic rings. The Kier molecular flexibility index (Phi) is 9.21. The molecule has 0 aliphatic heterocycles. The second-order valence-electron chi connectivity index (χ2n) is 4.65. The van der Waals surface area contributed by atoms with Crippen LogP contribution in [0.5, 0.6) is 0 Å². The molecular weight excluding hydrogens is 342 g/mol. The van der Waals surface area contributed by atoms with Gasteiger partial charge in [0, 0.05) is 12.1 Å². The molecule has 0 saturated carbocycles. The zero-order valence-corrected chi connectivity index (χ0v) is 12.9. The molecule has 1 unspecified atom stereocenters. The first-order valence-electron chi connectivity index (χ1n) is 6.88. The minimum Gasteiger partial charge on any atom is -0.480 e. The zero-order chi connectivity index (χ0) is 19.6. The van der Waals surface area contributed by atoms with Gasteiger partial charge in [0.05, 0.1) is 14.8 Å². The van der Waals surface area contributed by atoms with Gasteiger partial charge in [-0.05, 0) is 25.5 Å². The number of nitro benzene ring substituents is 3. The number of para-hydroxylation sites is 1. The van der Waals surface area contributed by atoms with Gasteiger partial charge in [0.1, 0.15) is 6.04 Å². The molecule has 1 aromatic carbocycles. The summed E-state index contributed by atoms with van der Waals surface area (Å²) in [6, 6.07) is 1.98. The molecule has 0 aromatic heterocycles. The number of rotatable bonds is 8. The molecular formula is C12H17N5O8. The predicted molar refractivity (Wildman–Crippen MR) is 84.9 cm³/mol. The van der Waals surface area contributed by atoms with E-state index in [4.69, 9.17) is 16.6 Å². The summed E-state index contributed by atoms with van der Waals surface area (Å²) in [5.74, 6) is -0.933. The summed E-state index contributed by atoms with van der Waals surface area (Å²) >= 11 is 0. The third-order valence-corrected chi connectivity index (χ3v) is 2.86. The van der Waals surface area contributed by atoms with Crippen LogP contribution in [0.15, 0.2) is 18.2 Å². The van der Waals surface area contributed by atoms with Crippen molar-refractivity contribution in [1.82, 2.24) is 0 Å². The first-order chi connectivity index (χ1) is 11.6. The minimum absolute atomic E-state index is 0.520. The molecule has 1 atom stereocenters. The SMILES string of the molecule is NCCCCC(N)C(=O)O.O=[N+]([O-])c1cccc([N+](=O)[O-])c1[N+](=O)[O-]. The summed E-state index contributed by atoms with van der Waals surface area (Å²) < 4.78 is 0. The van der Waals surface area contributed by atoms with Gasteiger partial charge in [-0.15, -0.1) is 0 Å². The molecule has 0 bridgehead atoms. The van der Waals surface area contributed by atoms with Crippen LogP contribution in [0.25, 0.3) is 0 Å². The van der Waals surface area contributed by atoms with Crippen LogP contribution in [0.1, 0.15) is 19.3 Å². The number of carboxylic acids is 1. The van der Waals surface area contributed by atoms with Crippen molar-refractivity contribution in [2.24, 2.45) is 11.5 Å². The highest BCUT2D eigenvalue weighted by Crippen LogP contribution is 2.35. The quantitative estimate of drug-likeness (QED) is 0.338. The van der Waals surface area contributed by atoms with Crippen molar-refractivity contribution >= 4 is 23.0 Å². The van der Waals surface area contributed by atoms with Gasteiger partial charge in [0.15, 0.2) is 0 Å². The Hall–Kier alpha value is -3.19. The first-order valence-corrected chi connectivity index (χ1v) is 6.88. The molecule has 0 spiro atoms. The summed E-state index contributed by atoms with van der Waals surface area (Å²) in [6.45, 7) is 0.604. The zero-order valence-electron chi connectivity index (χ0n) is 12.9. The summed E-state index contributed by atoms with van der Waals surface area (Å²) in [6.07, 6.45) is 2.16. The van der Waals surface area contributed by atoms with Crippen LogP contribution >= 0.6 is 0 Å². The van der Waals surface area contributed by atoms with Crippen LogP contribution in [-0.4, -0.2) is 38.4 Å². The lowest BCUT2D eigenvalue weighted by Gasteiger charge is -2.03. The fraction of sp³-hybridized carbons (Fsp3) is 0.417. The van der Waals surface area contributed by atoms with Gasteiger partial charge < -0.3 is 16.6 Å². The van der Waals surface area contributed by atoms with Crippen molar-refractivity contribution in [2.45, 2.75) is 25.3 Å². The normalized spacial score (nSPS) is 11.0. The highest BCUT2D eigenvalue weighted by Gasteiger charge is 2.34. The van der Waals surface area contributed by atoms with Gasteiger partial charge >= 0.3 is 23.0 Å². The number of nitrogens with zero attached hydrogens (tertiary/aromatic N) is 3. The highest BCUT2D eigenvalue weighted by atomic mass is 16.6. The average molecular weight is 359 g/mol. The van der Waals surface area contributed by atoms with Crippen molar-refractivity contribution in [1.29, 1.82) is 0 Å². The fourth-order valence-electron chi connectivity index (χ4n) is 1.63. The van der Waals surface area contributed by atoms with Gasteiger partial charge in [-0.2, -0.15) is 0 Å². The van der Waals surface area contributed by atoms with Crippen LogP contribution in [0.3, 0.4) is 0 Å². The number of carboxylic acid groups (broad SMARTS) is 1. The minimum atomic E-state index is -1.14. The van der Waals surface area contributed by atoms with Crippen LogP contribution in [0.4, 0.5) is 17.1 Å². The summed E-state index contributed by atoms with van der Waals surface area (Å²) in [4.78, 5) is 38.1. The van der Waals surface area contributed by atoms with Crippen LogP contribution < -0.4 is 11.5 Å². The molecule has 13 heteroatoms. The van der Waals surface area contributed by atoms with E-state index in [1.165, 1.54) is 0 Å². The molecule has 0 heterocycles. The van der Waals surface area contributed by atoms with E-state index in [1.54, 1.807) is 0 Å². The number of nitrogens with two attached hydrogens (primary N) is 2. The Morgan fingerprint density at radius 2 is 1.52 bits per heavy atom. The predicted octanol–water partition coefficient (Wildman–Crippen LogP) is 0.939. The highest BCUT2D eigenvalue weighted by molar-refractivity contribution is 5.72. The van der Waals surface area contributed by atoms with E-state index in [0.29, 0.717) is 13.0 Å². The van der Waals surface area contributed by atoms with E-state index in [1.807, 2.05) is 0 Å². The standard InChI is InChI=1S/C6H3N3O6.C6H14N2O2/c10-7(11)4-2-1-3-5(8(12)13)6(4)9(14)15;7-4-2-1-3-5(8)6(9)10/h1-3H;5H,1-4,7-8H2,(H,9,10). The smallest absolute Gasteiger partial charge is 0.422 e. The van der Waals surface area contributed by atoms with E-state index >= 15 is 0 Å². The third-order valence-electron chi connectivity index (χ3n) is 2.86. The van der Waals surface area contributed by atoms with Gasteiger partial charge in [-0.25, -0.2) is 0 Å². The third kappa shape index (κ3) is 7.28. The Balaban J connectivity index is 0.000000504. The fourth-order valence-corrected chi connectivity index (χ4v) is 1.63. The number of benzene rings is 1. The molecule has 0 radical (unpaired) electrons. The van der Waals surface area contributed by atoms with E-state index in [9.17, 15) is 35.1 Å². The van der Waals surface area contributed by atoms with Crippen molar-refractivity contribution in [2.75, 3.05) is 6.54 Å². The maximum absolute atomic E-state index is 10.4. The van der Waals surface area contributed by atoms with Crippen molar-refractivity contribution in [3.63, 3.8) is 0 Å². The molecule has 25 heavy (non-hydrogen) atoms. The van der Waals surface area contributed by atoms with E-state index in [0.717, 1.165) is 31.0 Å². The number of hydrogen-bond acceptors (Lipinski definition) is 9. The van der Waals surface area contributed by atoms with E-state index in [2.05, 4.69) is 0 Å². The maximum Gasteiger partial charge on any atom is 0.422 e.